The van der Waals surface area contributed by atoms with Crippen molar-refractivity contribution in [3.63, 3.8) is 0 Å². The second-order valence-corrected chi connectivity index (χ2v) is 4.34. The summed E-state index contributed by atoms with van der Waals surface area (Å²) in [4.78, 5) is 2.29. The summed E-state index contributed by atoms with van der Waals surface area (Å²) in [5.41, 5.74) is 2.64. The van der Waals surface area contributed by atoms with Crippen LogP contribution >= 0.6 is 0 Å². The van der Waals surface area contributed by atoms with Crippen LogP contribution in [0.2, 0.25) is 0 Å². The molecule has 0 amide bonds. The van der Waals surface area contributed by atoms with E-state index in [1.54, 1.807) is 7.11 Å². The Labute approximate surface area is 105 Å². The summed E-state index contributed by atoms with van der Waals surface area (Å²) in [7, 11) is 5.88. The minimum Gasteiger partial charge on any atom is -0.385 e. The normalized spacial score (nSPS) is 12.5. The van der Waals surface area contributed by atoms with Crippen LogP contribution in [-0.2, 0) is 4.74 Å². The van der Waals surface area contributed by atoms with Crippen molar-refractivity contribution in [2.24, 2.45) is 0 Å². The summed E-state index contributed by atoms with van der Waals surface area (Å²) < 4.78 is 5.09. The van der Waals surface area contributed by atoms with Crippen molar-refractivity contribution in [1.82, 2.24) is 5.32 Å². The number of methoxy groups -OCH3 is 1. The Kier molecular flexibility index (Phi) is 6.01. The first-order valence-electron chi connectivity index (χ1n) is 6.17. The van der Waals surface area contributed by atoms with Crippen LogP contribution in [0, 0.1) is 0 Å². The number of anilines is 1. The highest BCUT2D eigenvalue weighted by Gasteiger charge is 2.10. The first-order valence-corrected chi connectivity index (χ1v) is 6.17. The zero-order valence-corrected chi connectivity index (χ0v) is 11.4. The van der Waals surface area contributed by atoms with Crippen molar-refractivity contribution in [3.05, 3.63) is 29.8 Å². The van der Waals surface area contributed by atoms with Crippen LogP contribution in [0.15, 0.2) is 24.3 Å². The molecule has 0 aliphatic carbocycles. The molecule has 0 aromatic heterocycles. The topological polar surface area (TPSA) is 24.5 Å². The standard InChI is InChI=1S/C14H24N2O/c1-12(15-2)13-8-5-6-9-14(13)16(3)10-7-11-17-4/h5-6,8-9,12,15H,7,10-11H2,1-4H3. The third-order valence-electron chi connectivity index (χ3n) is 3.09. The summed E-state index contributed by atoms with van der Waals surface area (Å²) in [6.45, 7) is 4.01. The van der Waals surface area contributed by atoms with Gasteiger partial charge in [-0.2, -0.15) is 0 Å². The van der Waals surface area contributed by atoms with Crippen molar-refractivity contribution >= 4 is 5.69 Å². The van der Waals surface area contributed by atoms with Crippen LogP contribution in [-0.4, -0.2) is 34.4 Å². The van der Waals surface area contributed by atoms with Crippen LogP contribution in [0.25, 0.3) is 0 Å². The lowest BCUT2D eigenvalue weighted by molar-refractivity contribution is 0.196. The van der Waals surface area contributed by atoms with Gasteiger partial charge in [-0.05, 0) is 32.0 Å². The average molecular weight is 236 g/mol. The largest absolute Gasteiger partial charge is 0.385 e. The fraction of sp³-hybridized carbons (Fsp3) is 0.571. The van der Waals surface area contributed by atoms with E-state index >= 15 is 0 Å². The molecule has 0 fully saturated rings. The number of nitrogens with zero attached hydrogens (tertiary/aromatic N) is 1. The van der Waals surface area contributed by atoms with Gasteiger partial charge in [0.2, 0.25) is 0 Å². The van der Waals surface area contributed by atoms with Gasteiger partial charge in [0.25, 0.3) is 0 Å². The van der Waals surface area contributed by atoms with Crippen LogP contribution in [0.5, 0.6) is 0 Å². The SMILES string of the molecule is CNC(C)c1ccccc1N(C)CCCOC. The fourth-order valence-corrected chi connectivity index (χ4v) is 1.92. The molecule has 96 valence electrons. The third-order valence-corrected chi connectivity index (χ3v) is 3.09. The lowest BCUT2D eigenvalue weighted by atomic mass is 10.1. The van der Waals surface area contributed by atoms with Crippen LogP contribution in [0.1, 0.15) is 24.9 Å². The predicted molar refractivity (Wildman–Crippen MR) is 73.7 cm³/mol. The fourth-order valence-electron chi connectivity index (χ4n) is 1.92. The van der Waals surface area contributed by atoms with Crippen LogP contribution < -0.4 is 10.2 Å². The molecule has 0 radical (unpaired) electrons. The van der Waals surface area contributed by atoms with E-state index in [1.807, 2.05) is 7.05 Å². The third kappa shape index (κ3) is 4.02. The molecule has 3 nitrogen and oxygen atoms in total. The number of ether oxygens (including phenoxy) is 1. The monoisotopic (exact) mass is 236 g/mol. The Bertz CT molecular complexity index is 328. The number of hydrogen-bond donors (Lipinski definition) is 1. The molecule has 1 N–H and O–H groups in total. The minimum atomic E-state index is 0.371. The van der Waals surface area contributed by atoms with E-state index in [2.05, 4.69) is 48.5 Å². The lowest BCUT2D eigenvalue weighted by Crippen LogP contribution is -2.23. The zero-order valence-electron chi connectivity index (χ0n) is 11.4. The summed E-state index contributed by atoms with van der Waals surface area (Å²) in [6.07, 6.45) is 1.05. The molecule has 17 heavy (non-hydrogen) atoms. The number of rotatable bonds is 7. The Morgan fingerprint density at radius 3 is 2.71 bits per heavy atom. The Balaban J connectivity index is 2.74. The minimum absolute atomic E-state index is 0.371. The Morgan fingerprint density at radius 2 is 2.06 bits per heavy atom. The van der Waals surface area contributed by atoms with Gasteiger partial charge in [-0.15, -0.1) is 0 Å². The van der Waals surface area contributed by atoms with Gasteiger partial charge in [0.1, 0.15) is 0 Å². The first-order chi connectivity index (χ1) is 8.20. The van der Waals surface area contributed by atoms with Gasteiger partial charge in [-0.25, -0.2) is 0 Å². The Hall–Kier alpha value is -1.06. The molecule has 0 spiro atoms. The predicted octanol–water partition coefficient (Wildman–Crippen LogP) is 2.44. The number of para-hydroxylation sites is 1. The quantitative estimate of drug-likeness (QED) is 0.736. The maximum Gasteiger partial charge on any atom is 0.0479 e. The molecule has 1 unspecified atom stereocenters. The van der Waals surface area contributed by atoms with Gasteiger partial charge in [-0.1, -0.05) is 18.2 Å². The van der Waals surface area contributed by atoms with Crippen LogP contribution in [0.4, 0.5) is 5.69 Å². The number of benzene rings is 1. The molecule has 0 heterocycles. The van der Waals surface area contributed by atoms with E-state index in [-0.39, 0.29) is 0 Å². The van der Waals surface area contributed by atoms with Gasteiger partial charge < -0.3 is 15.0 Å². The molecular formula is C14H24N2O. The number of hydrogen-bond acceptors (Lipinski definition) is 3. The average Bonchev–Trinajstić information content (AvgIpc) is 2.38. The van der Waals surface area contributed by atoms with Crippen molar-refractivity contribution in [2.75, 3.05) is 39.3 Å². The van der Waals surface area contributed by atoms with Gasteiger partial charge in [-0.3, -0.25) is 0 Å². The second kappa shape index (κ2) is 7.30. The van der Waals surface area contributed by atoms with Crippen LogP contribution in [0.3, 0.4) is 0 Å². The molecular weight excluding hydrogens is 212 g/mol. The highest BCUT2D eigenvalue weighted by atomic mass is 16.5. The van der Waals surface area contributed by atoms with Gasteiger partial charge >= 0.3 is 0 Å². The van der Waals surface area contributed by atoms with E-state index in [9.17, 15) is 0 Å². The van der Waals surface area contributed by atoms with Gasteiger partial charge in [0.05, 0.1) is 0 Å². The molecule has 3 heteroatoms. The molecule has 1 aromatic carbocycles. The second-order valence-electron chi connectivity index (χ2n) is 4.34. The molecule has 0 aliphatic rings. The molecule has 1 rings (SSSR count). The van der Waals surface area contributed by atoms with E-state index in [0.29, 0.717) is 6.04 Å². The number of nitrogens with one attached hydrogen (secondary N) is 1. The first kappa shape index (κ1) is 14.0. The molecule has 1 atom stereocenters. The molecule has 0 saturated carbocycles. The lowest BCUT2D eigenvalue weighted by Gasteiger charge is -2.25. The van der Waals surface area contributed by atoms with Gasteiger partial charge in [0.15, 0.2) is 0 Å². The van der Waals surface area contributed by atoms with E-state index in [4.69, 9.17) is 4.74 Å². The molecule has 0 bridgehead atoms. The molecule has 0 saturated heterocycles. The highest BCUT2D eigenvalue weighted by molar-refractivity contribution is 5.54. The molecule has 1 aromatic rings. The maximum absolute atomic E-state index is 5.09. The summed E-state index contributed by atoms with van der Waals surface area (Å²) in [5, 5.41) is 3.29. The van der Waals surface area contributed by atoms with E-state index in [0.717, 1.165) is 19.6 Å². The van der Waals surface area contributed by atoms with Crippen molar-refractivity contribution < 1.29 is 4.74 Å². The zero-order chi connectivity index (χ0) is 12.7. The Morgan fingerprint density at radius 1 is 1.35 bits per heavy atom. The van der Waals surface area contributed by atoms with E-state index < -0.39 is 0 Å². The summed E-state index contributed by atoms with van der Waals surface area (Å²) in [5.74, 6) is 0. The summed E-state index contributed by atoms with van der Waals surface area (Å²) in [6, 6.07) is 8.92. The van der Waals surface area contributed by atoms with Crippen molar-refractivity contribution in [1.29, 1.82) is 0 Å². The van der Waals surface area contributed by atoms with E-state index in [1.165, 1.54) is 11.3 Å². The summed E-state index contributed by atoms with van der Waals surface area (Å²) >= 11 is 0. The van der Waals surface area contributed by atoms with Crippen molar-refractivity contribution in [2.45, 2.75) is 19.4 Å². The maximum atomic E-state index is 5.09. The smallest absolute Gasteiger partial charge is 0.0479 e. The highest BCUT2D eigenvalue weighted by Crippen LogP contribution is 2.25. The molecule has 0 aliphatic heterocycles. The van der Waals surface area contributed by atoms with Crippen molar-refractivity contribution in [3.8, 4) is 0 Å². The van der Waals surface area contributed by atoms with Gasteiger partial charge in [0, 0.05) is 39.0 Å².